The van der Waals surface area contributed by atoms with E-state index in [1.54, 1.807) is 7.11 Å². The molecule has 4 rings (SSSR count). The molecule has 0 aliphatic rings. The minimum absolute atomic E-state index is 0.487. The molecule has 0 aliphatic carbocycles. The van der Waals surface area contributed by atoms with Crippen LogP contribution in [0.2, 0.25) is 0 Å². The van der Waals surface area contributed by atoms with Crippen LogP contribution in [-0.4, -0.2) is 23.9 Å². The van der Waals surface area contributed by atoms with Crippen molar-refractivity contribution < 1.29 is 14.0 Å². The second kappa shape index (κ2) is 10.4. The van der Waals surface area contributed by atoms with Gasteiger partial charge in [0.25, 0.3) is 5.89 Å². The Hall–Kier alpha value is -3.28. The van der Waals surface area contributed by atoms with Gasteiger partial charge in [-0.3, -0.25) is 0 Å². The molecule has 1 heterocycles. The number of hydrogen-bond acceptors (Lipinski definition) is 5. The Morgan fingerprint density at radius 3 is 2.56 bits per heavy atom. The summed E-state index contributed by atoms with van der Waals surface area (Å²) in [7, 11) is 1.70. The van der Waals surface area contributed by atoms with Gasteiger partial charge >= 0.3 is 0 Å². The Morgan fingerprint density at radius 2 is 1.75 bits per heavy atom. The maximum absolute atomic E-state index is 5.65. The van der Waals surface area contributed by atoms with Gasteiger partial charge in [-0.05, 0) is 59.4 Å². The van der Waals surface area contributed by atoms with Crippen molar-refractivity contribution in [3.63, 3.8) is 0 Å². The zero-order chi connectivity index (χ0) is 22.3. The topological polar surface area (TPSA) is 57.4 Å². The molecule has 164 valence electrons. The number of hydrogen-bond donors (Lipinski definition) is 0. The quantitative estimate of drug-likeness (QED) is 0.287. The van der Waals surface area contributed by atoms with Crippen molar-refractivity contribution in [2.75, 3.05) is 13.7 Å². The lowest BCUT2D eigenvalue weighted by Crippen LogP contribution is -1.95. The first-order valence-electron chi connectivity index (χ1n) is 10.9. The van der Waals surface area contributed by atoms with Crippen molar-refractivity contribution in [2.24, 2.45) is 0 Å². The van der Waals surface area contributed by atoms with E-state index in [1.165, 1.54) is 11.1 Å². The van der Waals surface area contributed by atoms with Gasteiger partial charge in [-0.15, -0.1) is 0 Å². The molecule has 0 radical (unpaired) electrons. The second-order valence-corrected chi connectivity index (χ2v) is 7.80. The van der Waals surface area contributed by atoms with Crippen LogP contribution < -0.4 is 0 Å². The molecule has 0 saturated carbocycles. The minimum Gasteiger partial charge on any atom is -0.380 e. The standard InChI is InChI=1S/C27H28N2O3/c1-4-14-31-17-20-9-7-10-21(15-20)26-28-27(32-29-26)22-12-13-25(23(16-22)18-30-3)24-11-6-5-8-19(24)2/h5-13,15-16H,4,14,17-18H2,1-3H3. The largest absolute Gasteiger partial charge is 0.380 e. The molecule has 0 fully saturated rings. The van der Waals surface area contributed by atoms with E-state index in [0.29, 0.717) is 24.9 Å². The van der Waals surface area contributed by atoms with Crippen molar-refractivity contribution in [2.45, 2.75) is 33.5 Å². The molecule has 0 bridgehead atoms. The molecule has 0 spiro atoms. The molecular weight excluding hydrogens is 400 g/mol. The van der Waals surface area contributed by atoms with Crippen molar-refractivity contribution >= 4 is 0 Å². The Bertz CT molecular complexity index is 1180. The first-order valence-corrected chi connectivity index (χ1v) is 10.9. The third-order valence-corrected chi connectivity index (χ3v) is 5.32. The molecule has 32 heavy (non-hydrogen) atoms. The summed E-state index contributed by atoms with van der Waals surface area (Å²) >= 11 is 0. The molecular formula is C27H28N2O3. The lowest BCUT2D eigenvalue weighted by atomic mass is 9.94. The van der Waals surface area contributed by atoms with Crippen LogP contribution >= 0.6 is 0 Å². The van der Waals surface area contributed by atoms with Crippen molar-refractivity contribution in [3.8, 4) is 34.0 Å². The van der Waals surface area contributed by atoms with E-state index in [1.807, 2.05) is 36.4 Å². The highest BCUT2D eigenvalue weighted by atomic mass is 16.5. The maximum atomic E-state index is 5.65. The molecule has 1 aromatic heterocycles. The molecule has 0 amide bonds. The van der Waals surface area contributed by atoms with E-state index < -0.39 is 0 Å². The zero-order valence-corrected chi connectivity index (χ0v) is 18.8. The molecule has 0 atom stereocenters. The summed E-state index contributed by atoms with van der Waals surface area (Å²) in [6.45, 7) is 6.04. The van der Waals surface area contributed by atoms with Gasteiger partial charge < -0.3 is 14.0 Å². The van der Waals surface area contributed by atoms with Gasteiger partial charge in [0.1, 0.15) is 0 Å². The summed E-state index contributed by atoms with van der Waals surface area (Å²) in [5, 5.41) is 4.21. The Kier molecular flexibility index (Phi) is 7.10. The first-order chi connectivity index (χ1) is 15.7. The van der Waals surface area contributed by atoms with Crippen molar-refractivity contribution in [1.82, 2.24) is 10.1 Å². The van der Waals surface area contributed by atoms with E-state index >= 15 is 0 Å². The minimum atomic E-state index is 0.487. The van der Waals surface area contributed by atoms with Gasteiger partial charge in [-0.1, -0.05) is 60.6 Å². The first kappa shape index (κ1) is 21.9. The number of methoxy groups -OCH3 is 1. The predicted octanol–water partition coefficient (Wildman–Crippen LogP) is 6.45. The highest BCUT2D eigenvalue weighted by Crippen LogP contribution is 2.31. The summed E-state index contributed by atoms with van der Waals surface area (Å²) in [4.78, 5) is 4.65. The van der Waals surface area contributed by atoms with Gasteiger partial charge in [0.05, 0.1) is 13.2 Å². The average Bonchev–Trinajstić information content (AvgIpc) is 3.31. The molecule has 0 aliphatic heterocycles. The summed E-state index contributed by atoms with van der Waals surface area (Å²) in [5.41, 5.74) is 7.51. The molecule has 5 heteroatoms. The molecule has 3 aromatic carbocycles. The number of aromatic nitrogens is 2. The fourth-order valence-corrected chi connectivity index (χ4v) is 3.73. The fraction of sp³-hybridized carbons (Fsp3) is 0.259. The third-order valence-electron chi connectivity index (χ3n) is 5.32. The number of aryl methyl sites for hydroxylation is 1. The van der Waals surface area contributed by atoms with Crippen LogP contribution in [0.1, 0.15) is 30.0 Å². The zero-order valence-electron chi connectivity index (χ0n) is 18.8. The Morgan fingerprint density at radius 1 is 0.875 bits per heavy atom. The van der Waals surface area contributed by atoms with Crippen molar-refractivity contribution in [1.29, 1.82) is 0 Å². The fourth-order valence-electron chi connectivity index (χ4n) is 3.73. The van der Waals surface area contributed by atoms with Gasteiger partial charge in [-0.2, -0.15) is 4.98 Å². The third kappa shape index (κ3) is 4.96. The second-order valence-electron chi connectivity index (χ2n) is 7.80. The lowest BCUT2D eigenvalue weighted by Gasteiger charge is -2.12. The average molecular weight is 429 g/mol. The van der Waals surface area contributed by atoms with Gasteiger partial charge in [-0.25, -0.2) is 0 Å². The van der Waals surface area contributed by atoms with E-state index in [2.05, 4.69) is 54.3 Å². The van der Waals surface area contributed by atoms with Gasteiger partial charge in [0, 0.05) is 24.8 Å². The van der Waals surface area contributed by atoms with Crippen LogP contribution in [0.15, 0.2) is 71.3 Å². The summed E-state index contributed by atoms with van der Waals surface area (Å²) < 4.78 is 16.7. The maximum Gasteiger partial charge on any atom is 0.258 e. The van der Waals surface area contributed by atoms with Gasteiger partial charge in [0.15, 0.2) is 0 Å². The van der Waals surface area contributed by atoms with Gasteiger partial charge in [0.2, 0.25) is 5.82 Å². The number of nitrogens with zero attached hydrogens (tertiary/aromatic N) is 2. The van der Waals surface area contributed by atoms with Crippen LogP contribution in [0.25, 0.3) is 34.0 Å². The summed E-state index contributed by atoms with van der Waals surface area (Å²) in [5.74, 6) is 1.05. The monoisotopic (exact) mass is 428 g/mol. The molecule has 5 nitrogen and oxygen atoms in total. The van der Waals surface area contributed by atoms with Crippen LogP contribution in [-0.2, 0) is 22.7 Å². The number of rotatable bonds is 9. The molecule has 0 unspecified atom stereocenters. The molecule has 4 aromatic rings. The highest BCUT2D eigenvalue weighted by Gasteiger charge is 2.15. The highest BCUT2D eigenvalue weighted by molar-refractivity contribution is 5.74. The lowest BCUT2D eigenvalue weighted by molar-refractivity contribution is 0.121. The van der Waals surface area contributed by atoms with Crippen LogP contribution in [0.3, 0.4) is 0 Å². The van der Waals surface area contributed by atoms with Crippen LogP contribution in [0.5, 0.6) is 0 Å². The van der Waals surface area contributed by atoms with Crippen LogP contribution in [0, 0.1) is 6.92 Å². The van der Waals surface area contributed by atoms with E-state index in [4.69, 9.17) is 14.0 Å². The number of benzene rings is 3. The summed E-state index contributed by atoms with van der Waals surface area (Å²) in [6, 6.07) is 22.6. The molecule has 0 N–H and O–H groups in total. The normalized spacial score (nSPS) is 11.1. The Labute approximate surface area is 189 Å². The Balaban J connectivity index is 1.62. The van der Waals surface area contributed by atoms with E-state index in [0.717, 1.165) is 40.8 Å². The van der Waals surface area contributed by atoms with Crippen molar-refractivity contribution in [3.05, 3.63) is 83.4 Å². The van der Waals surface area contributed by atoms with E-state index in [9.17, 15) is 0 Å². The number of ether oxygens (including phenoxy) is 2. The molecule has 0 saturated heterocycles. The van der Waals surface area contributed by atoms with E-state index in [-0.39, 0.29) is 0 Å². The van der Waals surface area contributed by atoms with Crippen LogP contribution in [0.4, 0.5) is 0 Å². The summed E-state index contributed by atoms with van der Waals surface area (Å²) in [6.07, 6.45) is 1.00. The SMILES string of the molecule is CCCOCc1cccc(-c2noc(-c3ccc(-c4ccccc4C)c(COC)c3)n2)c1. The predicted molar refractivity (Wildman–Crippen MR) is 126 cm³/mol. The smallest absolute Gasteiger partial charge is 0.258 e.